The molecule has 0 spiro atoms. The molecule has 0 heterocycles. The van der Waals surface area contributed by atoms with E-state index in [-0.39, 0.29) is 12.8 Å². The van der Waals surface area contributed by atoms with E-state index in [0.29, 0.717) is 19.4 Å². The molecule has 0 aromatic rings. The van der Waals surface area contributed by atoms with Crippen molar-refractivity contribution in [3.8, 4) is 0 Å². The third kappa shape index (κ3) is 8.31. The lowest BCUT2D eigenvalue weighted by molar-refractivity contribution is -0.157. The minimum absolute atomic E-state index is 0.0113. The normalized spacial score (nSPS) is 14.6. The number of hydrogen-bond donors (Lipinski definition) is 2. The number of aliphatic carboxylic acids is 2. The first-order valence-electron chi connectivity index (χ1n) is 8.71. The first-order valence-corrected chi connectivity index (χ1v) is 8.71. The molecule has 6 nitrogen and oxygen atoms in total. The average Bonchev–Trinajstić information content (AvgIpc) is 2.53. The summed E-state index contributed by atoms with van der Waals surface area (Å²) in [6, 6.07) is 0. The average molecular weight is 342 g/mol. The third-order valence-electron chi connectivity index (χ3n) is 4.27. The Morgan fingerprint density at radius 3 is 1.96 bits per heavy atom. The lowest BCUT2D eigenvalue weighted by Crippen LogP contribution is -2.33. The minimum atomic E-state index is -1.18. The maximum Gasteiger partial charge on any atom is 0.308 e. The summed E-state index contributed by atoms with van der Waals surface area (Å²) in [5, 5.41) is 18.5. The van der Waals surface area contributed by atoms with Crippen molar-refractivity contribution < 1.29 is 29.3 Å². The van der Waals surface area contributed by atoms with E-state index < -0.39 is 35.7 Å². The van der Waals surface area contributed by atoms with E-state index >= 15 is 0 Å². The summed E-state index contributed by atoms with van der Waals surface area (Å²) in [5.74, 6) is -5.45. The van der Waals surface area contributed by atoms with Gasteiger partial charge in [-0.15, -0.1) is 0 Å². The third-order valence-corrected chi connectivity index (χ3v) is 4.27. The van der Waals surface area contributed by atoms with Gasteiger partial charge in [-0.3, -0.25) is 14.4 Å². The van der Waals surface area contributed by atoms with Gasteiger partial charge in [0.05, 0.1) is 24.4 Å². The summed E-state index contributed by atoms with van der Waals surface area (Å²) in [5.41, 5.74) is 0. The highest BCUT2D eigenvalue weighted by atomic mass is 16.5. The summed E-state index contributed by atoms with van der Waals surface area (Å²) in [7, 11) is 0. The monoisotopic (exact) mass is 342 g/mol. The van der Waals surface area contributed by atoms with Crippen LogP contribution in [-0.4, -0.2) is 34.7 Å². The molecule has 0 saturated carbocycles. The molecule has 3 unspecified atom stereocenters. The summed E-state index contributed by atoms with van der Waals surface area (Å²) < 4.78 is 5.22. The topological polar surface area (TPSA) is 101 Å². The quantitative estimate of drug-likeness (QED) is 0.370. The molecule has 0 rings (SSSR count). The fourth-order valence-corrected chi connectivity index (χ4v) is 2.70. The van der Waals surface area contributed by atoms with Crippen molar-refractivity contribution in [3.05, 3.63) is 6.92 Å². The maximum absolute atomic E-state index is 12.1. The smallest absolute Gasteiger partial charge is 0.308 e. The Morgan fingerprint density at radius 1 is 0.917 bits per heavy atom. The van der Waals surface area contributed by atoms with Crippen LogP contribution in [0.3, 0.4) is 0 Å². The Labute approximate surface area is 144 Å². The first-order chi connectivity index (χ1) is 11.4. The van der Waals surface area contributed by atoms with Crippen LogP contribution in [0.1, 0.15) is 65.2 Å². The second-order valence-corrected chi connectivity index (χ2v) is 6.01. The maximum atomic E-state index is 12.1. The van der Waals surface area contributed by atoms with E-state index in [1.165, 1.54) is 0 Å². The highest BCUT2D eigenvalue weighted by Gasteiger charge is 2.36. The fourth-order valence-electron chi connectivity index (χ4n) is 2.70. The second-order valence-electron chi connectivity index (χ2n) is 6.01. The Balaban J connectivity index is 4.55. The van der Waals surface area contributed by atoms with Gasteiger partial charge in [0.2, 0.25) is 0 Å². The van der Waals surface area contributed by atoms with Crippen LogP contribution < -0.4 is 0 Å². The van der Waals surface area contributed by atoms with Crippen LogP contribution in [0.2, 0.25) is 0 Å². The van der Waals surface area contributed by atoms with Crippen molar-refractivity contribution in [1.29, 1.82) is 0 Å². The molecule has 0 aliphatic carbocycles. The van der Waals surface area contributed by atoms with Crippen molar-refractivity contribution >= 4 is 17.9 Å². The second kappa shape index (κ2) is 12.8. The highest BCUT2D eigenvalue weighted by Crippen LogP contribution is 2.26. The van der Waals surface area contributed by atoms with E-state index in [4.69, 9.17) is 11.7 Å². The van der Waals surface area contributed by atoms with Crippen LogP contribution in [0, 0.1) is 24.7 Å². The molecule has 2 N–H and O–H groups in total. The van der Waals surface area contributed by atoms with Gasteiger partial charge in [-0.05, 0) is 39.0 Å². The molecule has 0 fully saturated rings. The molecule has 0 saturated heterocycles. The van der Waals surface area contributed by atoms with Crippen molar-refractivity contribution in [2.75, 3.05) is 6.61 Å². The van der Waals surface area contributed by atoms with Gasteiger partial charge in [-0.1, -0.05) is 33.1 Å². The van der Waals surface area contributed by atoms with Crippen LogP contribution in [0.25, 0.3) is 0 Å². The van der Waals surface area contributed by atoms with Gasteiger partial charge >= 0.3 is 17.9 Å². The molecular formula is C18H30O6. The van der Waals surface area contributed by atoms with Crippen molar-refractivity contribution in [2.45, 2.75) is 65.2 Å². The number of carboxylic acids is 2. The summed E-state index contributed by atoms with van der Waals surface area (Å²) >= 11 is 0. The first kappa shape index (κ1) is 22.4. The largest absolute Gasteiger partial charge is 0.481 e. The molecular weight excluding hydrogens is 312 g/mol. The minimum Gasteiger partial charge on any atom is -0.481 e. The zero-order valence-corrected chi connectivity index (χ0v) is 14.7. The van der Waals surface area contributed by atoms with Crippen LogP contribution in [0.5, 0.6) is 0 Å². The number of rotatable bonds is 14. The van der Waals surface area contributed by atoms with Gasteiger partial charge in [-0.2, -0.15) is 0 Å². The van der Waals surface area contributed by atoms with Crippen molar-refractivity contribution in [2.24, 2.45) is 17.8 Å². The Bertz CT molecular complexity index is 393. The zero-order valence-electron chi connectivity index (χ0n) is 14.7. The van der Waals surface area contributed by atoms with Gasteiger partial charge in [0, 0.05) is 0 Å². The molecule has 0 aliphatic rings. The lowest BCUT2D eigenvalue weighted by Gasteiger charge is -2.23. The number of esters is 1. The number of hydrogen-bond acceptors (Lipinski definition) is 4. The lowest BCUT2D eigenvalue weighted by atomic mass is 9.82. The van der Waals surface area contributed by atoms with Crippen molar-refractivity contribution in [3.63, 3.8) is 0 Å². The highest BCUT2D eigenvalue weighted by molar-refractivity contribution is 5.81. The Kier molecular flexibility index (Phi) is 11.9. The predicted molar refractivity (Wildman–Crippen MR) is 89.3 cm³/mol. The van der Waals surface area contributed by atoms with E-state index in [2.05, 4.69) is 0 Å². The Morgan fingerprint density at radius 2 is 1.50 bits per heavy atom. The summed E-state index contributed by atoms with van der Waals surface area (Å²) in [4.78, 5) is 34.8. The molecule has 24 heavy (non-hydrogen) atoms. The molecule has 0 amide bonds. The molecule has 0 bridgehead atoms. The SMILES string of the molecule is [CH]CCCCCCOC(=O)C(CC)CC(C(=O)O)C(CC)C(=O)O. The van der Waals surface area contributed by atoms with Gasteiger partial charge < -0.3 is 14.9 Å². The Hall–Kier alpha value is -1.59. The summed E-state index contributed by atoms with van der Waals surface area (Å²) in [6.45, 7) is 9.11. The number of carbonyl (C=O) groups is 3. The van der Waals surface area contributed by atoms with Gasteiger partial charge in [0.25, 0.3) is 0 Å². The number of carboxylic acid groups (broad SMARTS) is 2. The number of ether oxygens (including phenoxy) is 1. The number of carbonyl (C=O) groups excluding carboxylic acids is 1. The van der Waals surface area contributed by atoms with Crippen LogP contribution in [-0.2, 0) is 19.1 Å². The van der Waals surface area contributed by atoms with E-state index in [1.54, 1.807) is 13.8 Å². The molecule has 0 aromatic heterocycles. The fraction of sp³-hybridized carbons (Fsp3) is 0.778. The van der Waals surface area contributed by atoms with Crippen LogP contribution >= 0.6 is 0 Å². The van der Waals surface area contributed by atoms with E-state index in [0.717, 1.165) is 25.7 Å². The zero-order chi connectivity index (χ0) is 18.5. The van der Waals surface area contributed by atoms with Gasteiger partial charge in [0.15, 0.2) is 0 Å². The predicted octanol–water partition coefficient (Wildman–Crippen LogP) is 3.42. The molecule has 2 radical (unpaired) electrons. The molecule has 138 valence electrons. The van der Waals surface area contributed by atoms with E-state index in [1.807, 2.05) is 0 Å². The molecule has 0 aliphatic heterocycles. The van der Waals surface area contributed by atoms with Gasteiger partial charge in [0.1, 0.15) is 0 Å². The molecule has 0 aromatic carbocycles. The standard InChI is InChI=1S/C18H30O6/c1-4-7-8-9-10-11-24-18(23)13(5-2)12-15(17(21)22)14(6-3)16(19)20/h1,13-15H,4-12H2,2-3H3,(H,19,20)(H,21,22). The van der Waals surface area contributed by atoms with Crippen molar-refractivity contribution in [1.82, 2.24) is 0 Å². The molecule has 3 atom stereocenters. The van der Waals surface area contributed by atoms with Crippen LogP contribution in [0.4, 0.5) is 0 Å². The van der Waals surface area contributed by atoms with E-state index in [9.17, 15) is 24.6 Å². The molecule has 6 heteroatoms. The summed E-state index contributed by atoms with van der Waals surface area (Å²) in [6.07, 6.45) is 4.87. The van der Waals surface area contributed by atoms with Gasteiger partial charge in [-0.25, -0.2) is 0 Å². The van der Waals surface area contributed by atoms with Crippen LogP contribution in [0.15, 0.2) is 0 Å². The number of unbranched alkanes of at least 4 members (excludes halogenated alkanes) is 4.